The number of hydrogen-bond donors (Lipinski definition) is 2. The molecule has 0 saturated carbocycles. The van der Waals surface area contributed by atoms with Gasteiger partial charge in [0.25, 0.3) is 0 Å². The molecule has 2 N–H and O–H groups in total. The Morgan fingerprint density at radius 1 is 1.47 bits per heavy atom. The molecule has 1 aromatic heterocycles. The highest BCUT2D eigenvalue weighted by Gasteiger charge is 2.10. The van der Waals surface area contributed by atoms with Crippen molar-refractivity contribution in [3.63, 3.8) is 0 Å². The maximum absolute atomic E-state index is 10.9. The van der Waals surface area contributed by atoms with Gasteiger partial charge < -0.3 is 10.4 Å². The summed E-state index contributed by atoms with van der Waals surface area (Å²) >= 11 is 7.77. The summed E-state index contributed by atoms with van der Waals surface area (Å²) < 4.78 is 0. The molecule has 0 atom stereocenters. The molecule has 0 aromatic carbocycles. The lowest BCUT2D eigenvalue weighted by molar-refractivity contribution is 0.0697. The van der Waals surface area contributed by atoms with Gasteiger partial charge in [-0.05, 0) is 12.1 Å². The minimum Gasteiger partial charge on any atom is -0.478 e. The molecule has 0 aliphatic carbocycles. The van der Waals surface area contributed by atoms with Gasteiger partial charge in [0.2, 0.25) is 0 Å². The highest BCUT2D eigenvalue weighted by molar-refractivity contribution is 7.99. The number of thioether (sulfide) groups is 1. The summed E-state index contributed by atoms with van der Waals surface area (Å²) in [5, 5.41) is 12.3. The van der Waals surface area contributed by atoms with E-state index in [4.69, 9.17) is 16.7 Å². The average molecular weight is 302 g/mol. The number of aromatic nitrogens is 1. The first kappa shape index (κ1) is 14.4. The van der Waals surface area contributed by atoms with E-state index in [-0.39, 0.29) is 10.7 Å². The zero-order valence-electron chi connectivity index (χ0n) is 10.4. The summed E-state index contributed by atoms with van der Waals surface area (Å²) in [4.78, 5) is 17.4. The first-order valence-corrected chi connectivity index (χ1v) is 7.63. The number of aromatic carboxylic acids is 1. The molecule has 0 bridgehead atoms. The van der Waals surface area contributed by atoms with E-state index >= 15 is 0 Å². The van der Waals surface area contributed by atoms with E-state index in [1.54, 1.807) is 0 Å². The maximum Gasteiger partial charge on any atom is 0.335 e. The van der Waals surface area contributed by atoms with E-state index in [1.807, 2.05) is 11.8 Å². The maximum atomic E-state index is 10.9. The van der Waals surface area contributed by atoms with Crippen LogP contribution in [-0.2, 0) is 0 Å². The number of halogens is 1. The van der Waals surface area contributed by atoms with E-state index in [9.17, 15) is 4.79 Å². The molecule has 1 aliphatic rings. The number of carboxylic acid groups (broad SMARTS) is 1. The third-order valence-corrected chi connectivity index (χ3v) is 4.02. The van der Waals surface area contributed by atoms with Crippen LogP contribution in [0.25, 0.3) is 0 Å². The number of carboxylic acids is 1. The lowest BCUT2D eigenvalue weighted by Gasteiger charge is -2.26. The number of rotatable bonds is 5. The summed E-state index contributed by atoms with van der Waals surface area (Å²) in [6.45, 7) is 3.87. The quantitative estimate of drug-likeness (QED) is 0.810. The molecule has 1 fully saturated rings. The summed E-state index contributed by atoms with van der Waals surface area (Å²) in [5.41, 5.74) is 0.150. The largest absolute Gasteiger partial charge is 0.478 e. The van der Waals surface area contributed by atoms with Crippen LogP contribution in [0.1, 0.15) is 10.4 Å². The fraction of sp³-hybridized carbons (Fsp3) is 0.500. The first-order chi connectivity index (χ1) is 9.15. The number of anilines is 1. The molecular formula is C12H16ClN3O2S. The van der Waals surface area contributed by atoms with E-state index in [0.29, 0.717) is 5.82 Å². The van der Waals surface area contributed by atoms with E-state index in [2.05, 4.69) is 15.2 Å². The first-order valence-electron chi connectivity index (χ1n) is 6.10. The van der Waals surface area contributed by atoms with Crippen molar-refractivity contribution in [2.45, 2.75) is 0 Å². The van der Waals surface area contributed by atoms with Crippen LogP contribution < -0.4 is 5.32 Å². The van der Waals surface area contributed by atoms with Crippen LogP contribution in [0.2, 0.25) is 5.15 Å². The molecule has 2 heterocycles. The topological polar surface area (TPSA) is 65.5 Å². The normalized spacial score (nSPS) is 16.3. The zero-order chi connectivity index (χ0) is 13.7. The molecule has 19 heavy (non-hydrogen) atoms. The lowest BCUT2D eigenvalue weighted by Crippen LogP contribution is -2.36. The average Bonchev–Trinajstić information content (AvgIpc) is 2.39. The van der Waals surface area contributed by atoms with Gasteiger partial charge in [-0.2, -0.15) is 11.8 Å². The molecule has 5 nitrogen and oxygen atoms in total. The van der Waals surface area contributed by atoms with Crippen LogP contribution >= 0.6 is 23.4 Å². The Morgan fingerprint density at radius 2 is 2.21 bits per heavy atom. The number of nitrogens with zero attached hydrogens (tertiary/aromatic N) is 2. The van der Waals surface area contributed by atoms with Gasteiger partial charge in [0.15, 0.2) is 0 Å². The Labute approximate surface area is 121 Å². The van der Waals surface area contributed by atoms with Crippen molar-refractivity contribution in [1.29, 1.82) is 0 Å². The molecule has 0 radical (unpaired) electrons. The molecule has 1 saturated heterocycles. The summed E-state index contributed by atoms with van der Waals surface area (Å²) in [7, 11) is 0. The monoisotopic (exact) mass is 301 g/mol. The van der Waals surface area contributed by atoms with Crippen molar-refractivity contribution in [2.24, 2.45) is 0 Å². The van der Waals surface area contributed by atoms with Crippen molar-refractivity contribution in [3.05, 3.63) is 22.8 Å². The smallest absolute Gasteiger partial charge is 0.335 e. The minimum atomic E-state index is -1.000. The van der Waals surface area contributed by atoms with Gasteiger partial charge in [-0.3, -0.25) is 4.90 Å². The molecule has 0 amide bonds. The van der Waals surface area contributed by atoms with Crippen LogP contribution in [0.5, 0.6) is 0 Å². The molecule has 2 rings (SSSR count). The predicted molar refractivity (Wildman–Crippen MR) is 78.5 cm³/mol. The SMILES string of the molecule is O=C(O)c1cc(Cl)nc(NCCN2CCSCC2)c1. The highest BCUT2D eigenvalue weighted by atomic mass is 35.5. The van der Waals surface area contributed by atoms with Crippen molar-refractivity contribution < 1.29 is 9.90 Å². The fourth-order valence-corrected chi connectivity index (χ4v) is 3.07. The molecule has 7 heteroatoms. The van der Waals surface area contributed by atoms with Crippen molar-refractivity contribution >= 4 is 35.1 Å². The molecule has 104 valence electrons. The van der Waals surface area contributed by atoms with Gasteiger partial charge in [-0.1, -0.05) is 11.6 Å². The third-order valence-electron chi connectivity index (χ3n) is 2.88. The third kappa shape index (κ3) is 4.56. The van der Waals surface area contributed by atoms with Gasteiger partial charge in [0.05, 0.1) is 5.56 Å². The summed E-state index contributed by atoms with van der Waals surface area (Å²) in [6.07, 6.45) is 0. The van der Waals surface area contributed by atoms with Gasteiger partial charge in [-0.25, -0.2) is 9.78 Å². The van der Waals surface area contributed by atoms with Crippen molar-refractivity contribution in [2.75, 3.05) is 43.0 Å². The Balaban J connectivity index is 1.86. The summed E-state index contributed by atoms with van der Waals surface area (Å²) in [5.74, 6) is 1.87. The van der Waals surface area contributed by atoms with Crippen molar-refractivity contribution in [3.8, 4) is 0 Å². The Kier molecular flexibility index (Phi) is 5.30. The van der Waals surface area contributed by atoms with Crippen LogP contribution in [0.3, 0.4) is 0 Å². The Hall–Kier alpha value is -0.980. The molecular weight excluding hydrogens is 286 g/mol. The fourth-order valence-electron chi connectivity index (χ4n) is 1.88. The molecule has 0 unspecified atom stereocenters. The van der Waals surface area contributed by atoms with Gasteiger partial charge in [0, 0.05) is 37.7 Å². The number of nitrogens with one attached hydrogen (secondary N) is 1. The van der Waals surface area contributed by atoms with Gasteiger partial charge in [-0.15, -0.1) is 0 Å². The molecule has 1 aliphatic heterocycles. The molecule has 0 spiro atoms. The second-order valence-electron chi connectivity index (χ2n) is 4.25. The van der Waals surface area contributed by atoms with Crippen LogP contribution in [-0.4, -0.2) is 58.6 Å². The second-order valence-corrected chi connectivity index (χ2v) is 5.86. The summed E-state index contributed by atoms with van der Waals surface area (Å²) in [6, 6.07) is 2.84. The second kappa shape index (κ2) is 6.98. The van der Waals surface area contributed by atoms with E-state index < -0.39 is 5.97 Å². The Bertz CT molecular complexity index is 453. The standard InChI is InChI=1S/C12H16ClN3O2S/c13-10-7-9(12(17)18)8-11(15-10)14-1-2-16-3-5-19-6-4-16/h7-8H,1-6H2,(H,14,15)(H,17,18). The predicted octanol–water partition coefficient (Wildman–Crippen LogP) is 1.89. The van der Waals surface area contributed by atoms with Crippen LogP contribution in [0, 0.1) is 0 Å². The van der Waals surface area contributed by atoms with E-state index in [0.717, 1.165) is 26.2 Å². The lowest BCUT2D eigenvalue weighted by atomic mass is 10.2. The van der Waals surface area contributed by atoms with Crippen LogP contribution in [0.4, 0.5) is 5.82 Å². The van der Waals surface area contributed by atoms with Crippen LogP contribution in [0.15, 0.2) is 12.1 Å². The van der Waals surface area contributed by atoms with Gasteiger partial charge in [0.1, 0.15) is 11.0 Å². The minimum absolute atomic E-state index is 0.150. The highest BCUT2D eigenvalue weighted by Crippen LogP contribution is 2.14. The zero-order valence-corrected chi connectivity index (χ0v) is 12.0. The number of carbonyl (C=O) groups is 1. The number of hydrogen-bond acceptors (Lipinski definition) is 5. The number of pyridine rings is 1. The Morgan fingerprint density at radius 3 is 2.89 bits per heavy atom. The van der Waals surface area contributed by atoms with E-state index in [1.165, 1.54) is 23.6 Å². The van der Waals surface area contributed by atoms with Crippen molar-refractivity contribution in [1.82, 2.24) is 9.88 Å². The molecule has 1 aromatic rings. The van der Waals surface area contributed by atoms with Gasteiger partial charge >= 0.3 is 5.97 Å².